The highest BCUT2D eigenvalue weighted by Gasteiger charge is 2.23. The van der Waals surface area contributed by atoms with Crippen LogP contribution in [0.1, 0.15) is 31.1 Å². The van der Waals surface area contributed by atoms with Crippen LogP contribution < -0.4 is 5.32 Å². The first-order chi connectivity index (χ1) is 13.2. The van der Waals surface area contributed by atoms with Gasteiger partial charge in [-0.3, -0.25) is 14.9 Å². The molecule has 1 unspecified atom stereocenters. The maximum absolute atomic E-state index is 12.6. The number of nitro groups is 1. The topological polar surface area (TPSA) is 98.5 Å². The van der Waals surface area contributed by atoms with Crippen molar-refractivity contribution < 1.29 is 19.2 Å². The summed E-state index contributed by atoms with van der Waals surface area (Å²) in [6.45, 7) is 5.01. The average Bonchev–Trinajstić information content (AvgIpc) is 2.63. The number of nitrogens with one attached hydrogen (secondary N) is 1. The van der Waals surface area contributed by atoms with Crippen molar-refractivity contribution in [3.63, 3.8) is 0 Å². The molecule has 1 amide bonds. The van der Waals surface area contributed by atoms with Gasteiger partial charge in [0.05, 0.1) is 10.5 Å². The fourth-order valence-corrected chi connectivity index (χ4v) is 3.23. The van der Waals surface area contributed by atoms with E-state index in [0.29, 0.717) is 9.92 Å². The van der Waals surface area contributed by atoms with Crippen LogP contribution in [0.15, 0.2) is 52.3 Å². The maximum atomic E-state index is 12.6. The zero-order valence-electron chi connectivity index (χ0n) is 15.5. The Morgan fingerprint density at radius 3 is 2.36 bits per heavy atom. The predicted molar refractivity (Wildman–Crippen MR) is 107 cm³/mol. The maximum Gasteiger partial charge on any atom is 0.340 e. The number of non-ortho nitro benzene ring substituents is 1. The van der Waals surface area contributed by atoms with E-state index in [-0.39, 0.29) is 17.3 Å². The molecule has 0 aromatic heterocycles. The van der Waals surface area contributed by atoms with Gasteiger partial charge in [-0.05, 0) is 51.1 Å². The molecule has 0 saturated carbocycles. The molecule has 0 aliphatic carbocycles. The molecule has 7 nitrogen and oxygen atoms in total. The van der Waals surface area contributed by atoms with E-state index < -0.39 is 22.9 Å². The van der Waals surface area contributed by atoms with Gasteiger partial charge in [0.25, 0.3) is 11.6 Å². The van der Waals surface area contributed by atoms with Crippen LogP contribution in [0.5, 0.6) is 0 Å². The van der Waals surface area contributed by atoms with Gasteiger partial charge in [-0.2, -0.15) is 0 Å². The first-order valence-electron chi connectivity index (χ1n) is 8.40. The normalized spacial score (nSPS) is 11.8. The van der Waals surface area contributed by atoms with E-state index in [1.165, 1.54) is 30.8 Å². The summed E-state index contributed by atoms with van der Waals surface area (Å²) in [5.74, 6) is -1.26. The van der Waals surface area contributed by atoms with Crippen molar-refractivity contribution in [3.05, 3.63) is 63.2 Å². The second-order valence-corrected chi connectivity index (χ2v) is 7.76. The zero-order chi connectivity index (χ0) is 20.8. The third kappa shape index (κ3) is 5.97. The van der Waals surface area contributed by atoms with Gasteiger partial charge < -0.3 is 10.1 Å². The summed E-state index contributed by atoms with van der Waals surface area (Å²) < 4.78 is 5.22. The van der Waals surface area contributed by atoms with Crippen LogP contribution in [0.3, 0.4) is 0 Å². The van der Waals surface area contributed by atoms with Gasteiger partial charge >= 0.3 is 5.97 Å². The Morgan fingerprint density at radius 2 is 1.79 bits per heavy atom. The molecule has 2 aromatic rings. The molecule has 0 aliphatic rings. The predicted octanol–water partition coefficient (Wildman–Crippen LogP) is 4.47. The number of esters is 1. The highest BCUT2D eigenvalue weighted by molar-refractivity contribution is 7.99. The summed E-state index contributed by atoms with van der Waals surface area (Å²) in [6, 6.07) is 10.8. The van der Waals surface area contributed by atoms with Crippen LogP contribution in [0.25, 0.3) is 0 Å². The Bertz CT molecular complexity index is 886. The summed E-state index contributed by atoms with van der Waals surface area (Å²) in [7, 11) is 0. The molecule has 0 saturated heterocycles. The summed E-state index contributed by atoms with van der Waals surface area (Å²) in [5, 5.41) is 14.3. The Balaban J connectivity index is 2.29. The third-order valence-electron chi connectivity index (χ3n) is 3.52. The van der Waals surface area contributed by atoms with Gasteiger partial charge in [0.15, 0.2) is 6.10 Å². The Hall–Kier alpha value is -2.58. The average molecular weight is 423 g/mol. The van der Waals surface area contributed by atoms with Gasteiger partial charge in [0.1, 0.15) is 0 Å². The van der Waals surface area contributed by atoms with E-state index in [1.54, 1.807) is 38.1 Å². The number of carbonyl (C=O) groups excluding carboxylic acids is 2. The molecule has 0 aliphatic heterocycles. The van der Waals surface area contributed by atoms with Crippen molar-refractivity contribution >= 4 is 40.9 Å². The van der Waals surface area contributed by atoms with E-state index >= 15 is 0 Å². The van der Waals surface area contributed by atoms with E-state index in [0.717, 1.165) is 11.0 Å². The number of amides is 1. The van der Waals surface area contributed by atoms with E-state index in [1.807, 2.05) is 0 Å². The van der Waals surface area contributed by atoms with Crippen molar-refractivity contribution in [2.24, 2.45) is 0 Å². The van der Waals surface area contributed by atoms with Gasteiger partial charge in [-0.15, -0.1) is 0 Å². The van der Waals surface area contributed by atoms with Crippen molar-refractivity contribution in [1.82, 2.24) is 5.32 Å². The standard InChI is InChI=1S/C19H19ClN2O5S/c1-11(2)21-18(23)12(3)27-19(24)16-10-14(22(25)26)6-9-17(16)28-15-7-4-13(20)5-8-15/h4-12H,1-3H3,(H,21,23). The Kier molecular flexibility index (Phi) is 7.42. The molecule has 0 radical (unpaired) electrons. The molecular weight excluding hydrogens is 404 g/mol. The van der Waals surface area contributed by atoms with Gasteiger partial charge in [-0.1, -0.05) is 23.4 Å². The number of ether oxygens (including phenoxy) is 1. The smallest absolute Gasteiger partial charge is 0.340 e. The van der Waals surface area contributed by atoms with Crippen LogP contribution in [0, 0.1) is 10.1 Å². The highest BCUT2D eigenvalue weighted by atomic mass is 35.5. The summed E-state index contributed by atoms with van der Waals surface area (Å²) in [4.78, 5) is 36.4. The minimum atomic E-state index is -1.04. The molecule has 1 atom stereocenters. The van der Waals surface area contributed by atoms with Gasteiger partial charge in [0.2, 0.25) is 0 Å². The van der Waals surface area contributed by atoms with E-state index in [4.69, 9.17) is 16.3 Å². The minimum absolute atomic E-state index is 0.0124. The summed E-state index contributed by atoms with van der Waals surface area (Å²) >= 11 is 7.11. The number of hydrogen-bond donors (Lipinski definition) is 1. The van der Waals surface area contributed by atoms with E-state index in [9.17, 15) is 19.7 Å². The summed E-state index contributed by atoms with van der Waals surface area (Å²) in [6.07, 6.45) is -1.04. The minimum Gasteiger partial charge on any atom is -0.449 e. The lowest BCUT2D eigenvalue weighted by atomic mass is 10.2. The van der Waals surface area contributed by atoms with Crippen LogP contribution in [0.4, 0.5) is 5.69 Å². The Morgan fingerprint density at radius 1 is 1.14 bits per heavy atom. The van der Waals surface area contributed by atoms with Crippen LogP contribution >= 0.6 is 23.4 Å². The third-order valence-corrected chi connectivity index (χ3v) is 4.86. The van der Waals surface area contributed by atoms with E-state index in [2.05, 4.69) is 5.32 Å². The lowest BCUT2D eigenvalue weighted by Crippen LogP contribution is -2.39. The number of nitrogens with zero attached hydrogens (tertiary/aromatic N) is 1. The molecule has 0 bridgehead atoms. The van der Waals surface area contributed by atoms with Crippen molar-refractivity contribution in [1.29, 1.82) is 0 Å². The monoisotopic (exact) mass is 422 g/mol. The quantitative estimate of drug-likeness (QED) is 0.401. The van der Waals surface area contributed by atoms with Crippen LogP contribution in [-0.4, -0.2) is 28.9 Å². The number of rotatable bonds is 7. The van der Waals surface area contributed by atoms with Crippen molar-refractivity contribution in [2.75, 3.05) is 0 Å². The molecular formula is C19H19ClN2O5S. The fourth-order valence-electron chi connectivity index (χ4n) is 2.19. The van der Waals surface area contributed by atoms with Gasteiger partial charge in [-0.25, -0.2) is 4.79 Å². The largest absolute Gasteiger partial charge is 0.449 e. The zero-order valence-corrected chi connectivity index (χ0v) is 17.0. The number of carbonyl (C=O) groups is 2. The first kappa shape index (κ1) is 21.7. The molecule has 2 rings (SSSR count). The number of hydrogen-bond acceptors (Lipinski definition) is 6. The van der Waals surface area contributed by atoms with Crippen molar-refractivity contribution in [3.8, 4) is 0 Å². The SMILES string of the molecule is CC(C)NC(=O)C(C)OC(=O)c1cc([N+](=O)[O-])ccc1Sc1ccc(Cl)cc1. The Labute approximate surface area is 171 Å². The molecule has 2 aromatic carbocycles. The molecule has 28 heavy (non-hydrogen) atoms. The second-order valence-electron chi connectivity index (χ2n) is 6.20. The van der Waals surface area contributed by atoms with Gasteiger partial charge in [0, 0.05) is 33.0 Å². The molecule has 148 valence electrons. The number of halogens is 1. The second kappa shape index (κ2) is 9.57. The molecule has 0 fully saturated rings. The fraction of sp³-hybridized carbons (Fsp3) is 0.263. The number of benzene rings is 2. The van der Waals surface area contributed by atoms with Crippen LogP contribution in [-0.2, 0) is 9.53 Å². The highest BCUT2D eigenvalue weighted by Crippen LogP contribution is 2.33. The molecule has 1 N–H and O–H groups in total. The molecule has 0 spiro atoms. The van der Waals surface area contributed by atoms with Crippen molar-refractivity contribution in [2.45, 2.75) is 42.7 Å². The lowest BCUT2D eigenvalue weighted by molar-refractivity contribution is -0.384. The number of nitro benzene ring substituents is 1. The summed E-state index contributed by atoms with van der Waals surface area (Å²) in [5.41, 5.74) is -0.231. The van der Waals surface area contributed by atoms with Crippen LogP contribution in [0.2, 0.25) is 5.02 Å². The molecule has 9 heteroatoms. The molecule has 0 heterocycles. The lowest BCUT2D eigenvalue weighted by Gasteiger charge is -2.16. The first-order valence-corrected chi connectivity index (χ1v) is 9.60.